The number of carbonyl (C=O) groups excluding carboxylic acids is 1. The average molecular weight is 277 g/mol. The monoisotopic (exact) mass is 277 g/mol. The largest absolute Gasteiger partial charge is 0.480 e. The summed E-state index contributed by atoms with van der Waals surface area (Å²) in [7, 11) is 0. The molecule has 0 unspecified atom stereocenters. The van der Waals surface area contributed by atoms with E-state index in [0.717, 1.165) is 12.8 Å². The molecule has 2 rings (SSSR count). The van der Waals surface area contributed by atoms with Gasteiger partial charge in [0.05, 0.1) is 0 Å². The number of hydrogen-bond donors (Lipinski definition) is 1. The molecule has 20 heavy (non-hydrogen) atoms. The van der Waals surface area contributed by atoms with Gasteiger partial charge < -0.3 is 10.0 Å². The quantitative estimate of drug-likeness (QED) is 0.862. The van der Waals surface area contributed by atoms with Gasteiger partial charge in [0.2, 0.25) is 5.91 Å². The lowest BCUT2D eigenvalue weighted by Gasteiger charge is -2.32. The molecule has 1 saturated heterocycles. The number of benzene rings is 1. The lowest BCUT2D eigenvalue weighted by atomic mass is 10.0. The predicted octanol–water partition coefficient (Wildman–Crippen LogP) is 2.30. The van der Waals surface area contributed by atoms with Crippen molar-refractivity contribution >= 4 is 18.0 Å². The average Bonchev–Trinajstić information content (AvgIpc) is 2.46. The van der Waals surface area contributed by atoms with E-state index in [1.807, 2.05) is 0 Å². The van der Waals surface area contributed by atoms with Crippen LogP contribution >= 0.6 is 0 Å². The van der Waals surface area contributed by atoms with Gasteiger partial charge in [-0.15, -0.1) is 0 Å². The molecule has 0 aliphatic carbocycles. The number of likely N-dealkylation sites (tertiary alicyclic amines) is 1. The van der Waals surface area contributed by atoms with Crippen LogP contribution in [0.1, 0.15) is 24.8 Å². The van der Waals surface area contributed by atoms with Gasteiger partial charge in [-0.3, -0.25) is 4.79 Å². The summed E-state index contributed by atoms with van der Waals surface area (Å²) < 4.78 is 13.4. The summed E-state index contributed by atoms with van der Waals surface area (Å²) in [5, 5.41) is 9.11. The molecule has 1 aliphatic heterocycles. The summed E-state index contributed by atoms with van der Waals surface area (Å²) in [6.45, 7) is 0.428. The van der Waals surface area contributed by atoms with Crippen LogP contribution in [0.3, 0.4) is 0 Å². The first kappa shape index (κ1) is 14.2. The van der Waals surface area contributed by atoms with Crippen molar-refractivity contribution in [2.24, 2.45) is 0 Å². The molecule has 0 aromatic heterocycles. The van der Waals surface area contributed by atoms with Gasteiger partial charge in [0, 0.05) is 18.2 Å². The van der Waals surface area contributed by atoms with Gasteiger partial charge >= 0.3 is 5.97 Å². The van der Waals surface area contributed by atoms with Crippen molar-refractivity contribution in [1.29, 1.82) is 0 Å². The molecule has 1 fully saturated rings. The molecule has 1 atom stereocenters. The second kappa shape index (κ2) is 6.32. The lowest BCUT2D eigenvalue weighted by Crippen LogP contribution is -2.47. The smallest absolute Gasteiger partial charge is 0.326 e. The molecule has 1 amide bonds. The van der Waals surface area contributed by atoms with E-state index in [4.69, 9.17) is 5.11 Å². The third-order valence-electron chi connectivity index (χ3n) is 3.38. The van der Waals surface area contributed by atoms with Crippen molar-refractivity contribution in [1.82, 2.24) is 4.90 Å². The highest BCUT2D eigenvalue weighted by Gasteiger charge is 2.30. The summed E-state index contributed by atoms with van der Waals surface area (Å²) in [5.74, 6) is -1.79. The standard InChI is InChI=1S/C15H16FNO3/c16-12-6-2-1-5-11(12)8-9-14(18)17-10-4-3-7-13(17)15(19)20/h1-2,5-6,8-9,13H,3-4,7,10H2,(H,19,20)/t13-/m1/s1. The van der Waals surface area contributed by atoms with Crippen LogP contribution < -0.4 is 0 Å². The minimum absolute atomic E-state index is 0.310. The normalized spacial score (nSPS) is 19.2. The Morgan fingerprint density at radius 3 is 2.75 bits per heavy atom. The van der Waals surface area contributed by atoms with Crippen LogP contribution in [0.5, 0.6) is 0 Å². The van der Waals surface area contributed by atoms with Crippen LogP contribution in [0.2, 0.25) is 0 Å². The zero-order chi connectivity index (χ0) is 14.5. The molecule has 1 aromatic carbocycles. The Labute approximate surface area is 116 Å². The summed E-state index contributed by atoms with van der Waals surface area (Å²) in [6.07, 6.45) is 4.68. The maximum absolute atomic E-state index is 13.4. The summed E-state index contributed by atoms with van der Waals surface area (Å²) >= 11 is 0. The SMILES string of the molecule is O=C(O)[C@H]1CCCCN1C(=O)C=Cc1ccccc1F. The van der Waals surface area contributed by atoms with Crippen LogP contribution in [0, 0.1) is 5.82 Å². The Bertz CT molecular complexity index is 542. The topological polar surface area (TPSA) is 57.6 Å². The molecule has 4 nitrogen and oxygen atoms in total. The molecular weight excluding hydrogens is 261 g/mol. The fourth-order valence-corrected chi connectivity index (χ4v) is 2.32. The second-order valence-electron chi connectivity index (χ2n) is 4.74. The number of amides is 1. The number of carboxylic acid groups (broad SMARTS) is 1. The van der Waals surface area contributed by atoms with E-state index in [1.165, 1.54) is 23.1 Å². The highest BCUT2D eigenvalue weighted by molar-refractivity contribution is 5.94. The van der Waals surface area contributed by atoms with Gasteiger partial charge in [-0.2, -0.15) is 0 Å². The minimum Gasteiger partial charge on any atom is -0.480 e. The molecule has 1 heterocycles. The molecule has 1 aromatic rings. The van der Waals surface area contributed by atoms with Gasteiger partial charge in [-0.05, 0) is 31.4 Å². The second-order valence-corrected chi connectivity index (χ2v) is 4.74. The zero-order valence-corrected chi connectivity index (χ0v) is 11.0. The van der Waals surface area contributed by atoms with Gasteiger partial charge in [0.15, 0.2) is 0 Å². The van der Waals surface area contributed by atoms with E-state index in [1.54, 1.807) is 18.2 Å². The number of carbonyl (C=O) groups is 2. The summed E-state index contributed by atoms with van der Waals surface area (Å²) in [6, 6.07) is 5.34. The number of nitrogens with zero attached hydrogens (tertiary/aromatic N) is 1. The molecule has 0 saturated carbocycles. The summed E-state index contributed by atoms with van der Waals surface area (Å²) in [4.78, 5) is 24.5. The van der Waals surface area contributed by atoms with E-state index in [-0.39, 0.29) is 5.91 Å². The Balaban J connectivity index is 2.10. The number of piperidine rings is 1. The Morgan fingerprint density at radius 1 is 1.30 bits per heavy atom. The minimum atomic E-state index is -0.989. The first-order chi connectivity index (χ1) is 9.59. The first-order valence-electron chi connectivity index (χ1n) is 6.55. The van der Waals surface area contributed by atoms with Crippen LogP contribution in [0.15, 0.2) is 30.3 Å². The van der Waals surface area contributed by atoms with E-state index in [9.17, 15) is 14.0 Å². The number of halogens is 1. The van der Waals surface area contributed by atoms with Gasteiger partial charge in [0.1, 0.15) is 11.9 Å². The number of aliphatic carboxylic acids is 1. The Morgan fingerprint density at radius 2 is 2.05 bits per heavy atom. The van der Waals surface area contributed by atoms with Crippen LogP contribution in [0.4, 0.5) is 4.39 Å². The van der Waals surface area contributed by atoms with Gasteiger partial charge in [-0.25, -0.2) is 9.18 Å². The van der Waals surface area contributed by atoms with Crippen LogP contribution in [-0.2, 0) is 9.59 Å². The van der Waals surface area contributed by atoms with Gasteiger partial charge in [-0.1, -0.05) is 18.2 Å². The third kappa shape index (κ3) is 3.23. The Kier molecular flexibility index (Phi) is 4.50. The van der Waals surface area contributed by atoms with Crippen LogP contribution in [-0.4, -0.2) is 34.5 Å². The molecule has 0 bridgehead atoms. The fourth-order valence-electron chi connectivity index (χ4n) is 2.32. The molecule has 1 aliphatic rings. The fraction of sp³-hybridized carbons (Fsp3) is 0.333. The molecule has 106 valence electrons. The molecular formula is C15H16FNO3. The molecule has 0 spiro atoms. The predicted molar refractivity (Wildman–Crippen MR) is 72.4 cm³/mol. The third-order valence-corrected chi connectivity index (χ3v) is 3.38. The first-order valence-corrected chi connectivity index (χ1v) is 6.55. The van der Waals surface area contributed by atoms with Crippen molar-refractivity contribution in [3.8, 4) is 0 Å². The number of carboxylic acids is 1. The lowest BCUT2D eigenvalue weighted by molar-refractivity contribution is -0.150. The molecule has 0 radical (unpaired) electrons. The van der Waals surface area contributed by atoms with Crippen molar-refractivity contribution in [3.63, 3.8) is 0 Å². The number of rotatable bonds is 3. The van der Waals surface area contributed by atoms with E-state index in [2.05, 4.69) is 0 Å². The van der Waals surface area contributed by atoms with E-state index < -0.39 is 17.8 Å². The van der Waals surface area contributed by atoms with Gasteiger partial charge in [0.25, 0.3) is 0 Å². The van der Waals surface area contributed by atoms with Crippen molar-refractivity contribution < 1.29 is 19.1 Å². The molecule has 5 heteroatoms. The van der Waals surface area contributed by atoms with Crippen LogP contribution in [0.25, 0.3) is 6.08 Å². The highest BCUT2D eigenvalue weighted by atomic mass is 19.1. The van der Waals surface area contributed by atoms with Crippen molar-refractivity contribution in [2.75, 3.05) is 6.54 Å². The zero-order valence-electron chi connectivity index (χ0n) is 11.0. The maximum atomic E-state index is 13.4. The molecule has 1 N–H and O–H groups in total. The van der Waals surface area contributed by atoms with E-state index >= 15 is 0 Å². The van der Waals surface area contributed by atoms with Crippen molar-refractivity contribution in [3.05, 3.63) is 41.7 Å². The van der Waals surface area contributed by atoms with E-state index in [0.29, 0.717) is 18.5 Å². The highest BCUT2D eigenvalue weighted by Crippen LogP contribution is 2.18. The summed E-state index contributed by atoms with van der Waals surface area (Å²) in [5.41, 5.74) is 0.310. The number of hydrogen-bond acceptors (Lipinski definition) is 2. The maximum Gasteiger partial charge on any atom is 0.326 e. The Hall–Kier alpha value is -2.17. The van der Waals surface area contributed by atoms with Crippen molar-refractivity contribution in [2.45, 2.75) is 25.3 Å².